The highest BCUT2D eigenvalue weighted by atomic mass is 15.2. The van der Waals surface area contributed by atoms with Gasteiger partial charge >= 0.3 is 0 Å². The maximum absolute atomic E-state index is 7.03. The van der Waals surface area contributed by atoms with Gasteiger partial charge in [0.1, 0.15) is 0 Å². The molecule has 0 aromatic heterocycles. The number of hydrogen-bond acceptors (Lipinski definition) is 3. The van der Waals surface area contributed by atoms with Crippen LogP contribution >= 0.6 is 0 Å². The molecule has 7 aromatic rings. The van der Waals surface area contributed by atoms with E-state index in [1.54, 1.807) is 0 Å². The number of hydrogen-bond donors (Lipinski definition) is 3. The van der Waals surface area contributed by atoms with E-state index in [0.29, 0.717) is 6.54 Å². The molecule has 7 aromatic carbocycles. The van der Waals surface area contributed by atoms with Crippen molar-refractivity contribution in [2.45, 2.75) is 44.1 Å². The summed E-state index contributed by atoms with van der Waals surface area (Å²) in [5, 5.41) is 15.3. The van der Waals surface area contributed by atoms with Crippen molar-refractivity contribution in [3.8, 4) is 0 Å². The molecule has 50 heavy (non-hydrogen) atoms. The Balaban J connectivity index is 1.22. The smallest absolute Gasteiger partial charge is 0.0864 e. The predicted octanol–water partition coefficient (Wildman–Crippen LogP) is 10.6. The Bertz CT molecular complexity index is 2440. The average Bonchev–Trinajstić information content (AvgIpc) is 3.45. The SMILES string of the molecule is CC1(c2ccccc2)C2=C(CCC=C2)c2cccc(CNC(NC(N)c3ccccc3)c3c4ccccc4cc4ccc5ccccc5c34)c21. The molecule has 0 radical (unpaired) electrons. The van der Waals surface area contributed by atoms with Gasteiger partial charge in [0.15, 0.2) is 0 Å². The van der Waals surface area contributed by atoms with Crippen LogP contribution in [0.25, 0.3) is 37.9 Å². The van der Waals surface area contributed by atoms with Crippen molar-refractivity contribution >= 4 is 37.9 Å². The Morgan fingerprint density at radius 2 is 1.40 bits per heavy atom. The van der Waals surface area contributed by atoms with E-state index < -0.39 is 0 Å². The maximum Gasteiger partial charge on any atom is 0.0864 e. The van der Waals surface area contributed by atoms with Crippen LogP contribution in [0.1, 0.15) is 65.5 Å². The molecule has 4 N–H and O–H groups in total. The van der Waals surface area contributed by atoms with E-state index in [1.807, 2.05) is 6.07 Å². The van der Waals surface area contributed by atoms with Crippen molar-refractivity contribution in [3.05, 3.63) is 197 Å². The maximum atomic E-state index is 7.03. The first-order valence-electron chi connectivity index (χ1n) is 17.8. The van der Waals surface area contributed by atoms with Gasteiger partial charge in [0.2, 0.25) is 0 Å². The molecular formula is C47H41N3. The van der Waals surface area contributed by atoms with Crippen molar-refractivity contribution < 1.29 is 0 Å². The predicted molar refractivity (Wildman–Crippen MR) is 210 cm³/mol. The standard InChI is InChI=1S/C47H41N3/c1-47(36-20-6-3-7-21-36)41-26-13-12-24-39(41)40-25-14-19-35(44(40)47)30-49-46(50-45(48)32-16-4-2-5-17-32)43-38-23-11-9-18-33(38)29-34-28-27-31-15-8-10-22-37(31)42(34)43/h2-11,13-23,25-29,45-46,49-50H,12,24,30,48H2,1H3. The minimum atomic E-state index is -0.382. The lowest BCUT2D eigenvalue weighted by atomic mass is 9.71. The molecule has 0 bridgehead atoms. The molecule has 2 aliphatic carbocycles. The molecule has 0 spiro atoms. The van der Waals surface area contributed by atoms with Crippen LogP contribution in [0, 0.1) is 0 Å². The van der Waals surface area contributed by atoms with Gasteiger partial charge < -0.3 is 5.73 Å². The van der Waals surface area contributed by atoms with Crippen molar-refractivity contribution in [3.63, 3.8) is 0 Å². The molecule has 244 valence electrons. The van der Waals surface area contributed by atoms with Gasteiger partial charge in [0.05, 0.1) is 12.3 Å². The van der Waals surface area contributed by atoms with Gasteiger partial charge in [-0.2, -0.15) is 0 Å². The van der Waals surface area contributed by atoms with Crippen LogP contribution in [0.2, 0.25) is 0 Å². The average molecular weight is 648 g/mol. The number of rotatable bonds is 8. The number of benzene rings is 7. The van der Waals surface area contributed by atoms with Crippen LogP contribution in [-0.2, 0) is 12.0 Å². The van der Waals surface area contributed by atoms with Crippen molar-refractivity contribution in [1.29, 1.82) is 0 Å². The minimum absolute atomic E-state index is 0.243. The molecule has 0 saturated carbocycles. The van der Waals surface area contributed by atoms with Crippen LogP contribution in [0.5, 0.6) is 0 Å². The van der Waals surface area contributed by atoms with Crippen LogP contribution in [0.3, 0.4) is 0 Å². The topological polar surface area (TPSA) is 50.1 Å². The van der Waals surface area contributed by atoms with Gasteiger partial charge in [-0.1, -0.05) is 152 Å². The van der Waals surface area contributed by atoms with E-state index in [2.05, 4.69) is 169 Å². The van der Waals surface area contributed by atoms with E-state index in [0.717, 1.165) is 18.4 Å². The molecular weight excluding hydrogens is 607 g/mol. The monoisotopic (exact) mass is 647 g/mol. The second-order valence-corrected chi connectivity index (χ2v) is 13.9. The summed E-state index contributed by atoms with van der Waals surface area (Å²) in [6.07, 6.45) is 6.25. The third-order valence-electron chi connectivity index (χ3n) is 11.1. The van der Waals surface area contributed by atoms with Crippen molar-refractivity contribution in [2.75, 3.05) is 0 Å². The number of allylic oxidation sites excluding steroid dienone is 4. The summed E-state index contributed by atoms with van der Waals surface area (Å²) in [5.74, 6) is 0. The van der Waals surface area contributed by atoms with E-state index >= 15 is 0 Å². The Morgan fingerprint density at radius 1 is 0.700 bits per heavy atom. The summed E-state index contributed by atoms with van der Waals surface area (Å²) in [5.41, 5.74) is 17.4. The Kier molecular flexibility index (Phi) is 7.70. The van der Waals surface area contributed by atoms with E-state index in [9.17, 15) is 0 Å². The van der Waals surface area contributed by atoms with Gasteiger partial charge in [-0.3, -0.25) is 10.6 Å². The third-order valence-corrected chi connectivity index (χ3v) is 11.1. The Labute approximate surface area is 294 Å². The normalized spacial score (nSPS) is 18.0. The fourth-order valence-electron chi connectivity index (χ4n) is 8.78. The van der Waals surface area contributed by atoms with E-state index in [1.165, 1.54) is 71.3 Å². The number of nitrogens with one attached hydrogen (secondary N) is 2. The highest BCUT2D eigenvalue weighted by molar-refractivity contribution is 6.15. The molecule has 3 unspecified atom stereocenters. The van der Waals surface area contributed by atoms with Gasteiger partial charge in [0.25, 0.3) is 0 Å². The quantitative estimate of drug-likeness (QED) is 0.0874. The first-order valence-corrected chi connectivity index (χ1v) is 17.8. The molecule has 3 atom stereocenters. The third kappa shape index (κ3) is 5.01. The van der Waals surface area contributed by atoms with Gasteiger partial charge in [0, 0.05) is 12.0 Å². The fraction of sp³-hybridized carbons (Fsp3) is 0.149. The highest BCUT2D eigenvalue weighted by Crippen LogP contribution is 2.54. The Morgan fingerprint density at radius 3 is 2.22 bits per heavy atom. The Hall–Kier alpha value is -5.32. The number of nitrogens with two attached hydrogens (primary N) is 1. The van der Waals surface area contributed by atoms with Crippen molar-refractivity contribution in [1.82, 2.24) is 10.6 Å². The summed E-state index contributed by atoms with van der Waals surface area (Å²) >= 11 is 0. The van der Waals surface area contributed by atoms with Gasteiger partial charge in [-0.25, -0.2) is 0 Å². The lowest BCUT2D eigenvalue weighted by molar-refractivity contribution is 0.389. The fourth-order valence-corrected chi connectivity index (χ4v) is 8.78. The molecule has 3 nitrogen and oxygen atoms in total. The largest absolute Gasteiger partial charge is 0.312 e. The van der Waals surface area contributed by atoms with Crippen LogP contribution in [0.4, 0.5) is 0 Å². The zero-order valence-corrected chi connectivity index (χ0v) is 28.4. The summed E-state index contributed by atoms with van der Waals surface area (Å²) in [7, 11) is 0. The van der Waals surface area contributed by atoms with Crippen LogP contribution in [0.15, 0.2) is 163 Å². The zero-order chi connectivity index (χ0) is 33.7. The van der Waals surface area contributed by atoms with E-state index in [-0.39, 0.29) is 17.7 Å². The second-order valence-electron chi connectivity index (χ2n) is 13.9. The lowest BCUT2D eigenvalue weighted by Gasteiger charge is -2.33. The molecule has 0 amide bonds. The van der Waals surface area contributed by atoms with E-state index in [4.69, 9.17) is 5.73 Å². The minimum Gasteiger partial charge on any atom is -0.312 e. The first kappa shape index (κ1) is 30.7. The summed E-state index contributed by atoms with van der Waals surface area (Å²) in [6, 6.07) is 52.6. The molecule has 0 fully saturated rings. The highest BCUT2D eigenvalue weighted by Gasteiger charge is 2.43. The second kappa shape index (κ2) is 12.5. The lowest BCUT2D eigenvalue weighted by Crippen LogP contribution is -2.40. The molecule has 0 aliphatic heterocycles. The van der Waals surface area contributed by atoms with Gasteiger partial charge in [-0.15, -0.1) is 0 Å². The first-order chi connectivity index (χ1) is 24.6. The molecule has 3 heteroatoms. The van der Waals surface area contributed by atoms with Crippen LogP contribution < -0.4 is 16.4 Å². The zero-order valence-electron chi connectivity index (χ0n) is 28.4. The van der Waals surface area contributed by atoms with Crippen molar-refractivity contribution in [2.24, 2.45) is 5.73 Å². The summed E-state index contributed by atoms with van der Waals surface area (Å²) in [4.78, 5) is 0. The number of fused-ring (bicyclic) bond motifs is 6. The molecule has 0 saturated heterocycles. The molecule has 9 rings (SSSR count). The summed E-state index contributed by atoms with van der Waals surface area (Å²) < 4.78 is 0. The van der Waals surface area contributed by atoms with Crippen LogP contribution in [-0.4, -0.2) is 0 Å². The molecule has 0 heterocycles. The van der Waals surface area contributed by atoms with Gasteiger partial charge in [-0.05, 0) is 103 Å². The molecule has 2 aliphatic rings. The summed E-state index contributed by atoms with van der Waals surface area (Å²) in [6.45, 7) is 3.10.